The molecule has 4 rings (SSSR count). The first-order chi connectivity index (χ1) is 15.1. The summed E-state index contributed by atoms with van der Waals surface area (Å²) in [6.45, 7) is 4.73. The minimum atomic E-state index is -4.60. The van der Waals surface area contributed by atoms with Crippen LogP contribution in [0.1, 0.15) is 32.7 Å². The minimum Gasteiger partial charge on any atom is -0.340 e. The molecule has 3 nitrogen and oxygen atoms in total. The first-order valence-electron chi connectivity index (χ1n) is 9.96. The van der Waals surface area contributed by atoms with Gasteiger partial charge in [-0.3, -0.25) is 4.79 Å². The summed E-state index contributed by atoms with van der Waals surface area (Å²) in [5.41, 5.74) is 3.70. The highest BCUT2D eigenvalue weighted by Gasteiger charge is 2.33. The van der Waals surface area contributed by atoms with Crippen LogP contribution in [-0.2, 0) is 12.7 Å². The van der Waals surface area contributed by atoms with Gasteiger partial charge in [-0.15, -0.1) is 0 Å². The number of nitrogens with one attached hydrogen (secondary N) is 1. The normalized spacial score (nSPS) is 11.7. The smallest absolute Gasteiger partial charge is 0.340 e. The van der Waals surface area contributed by atoms with Gasteiger partial charge in [-0.05, 0) is 61.4 Å². The molecule has 0 aliphatic rings. The van der Waals surface area contributed by atoms with E-state index in [1.54, 1.807) is 12.1 Å². The molecule has 32 heavy (non-hydrogen) atoms. The van der Waals surface area contributed by atoms with Crippen LogP contribution < -0.4 is 5.32 Å². The van der Waals surface area contributed by atoms with Crippen molar-refractivity contribution in [1.82, 2.24) is 4.57 Å². The molecule has 1 aromatic heterocycles. The Labute approximate surface area is 188 Å². The van der Waals surface area contributed by atoms with Crippen LogP contribution in [0.3, 0.4) is 0 Å². The predicted octanol–water partition coefficient (Wildman–Crippen LogP) is 7.23. The largest absolute Gasteiger partial charge is 0.417 e. The van der Waals surface area contributed by atoms with E-state index in [-0.39, 0.29) is 5.69 Å². The number of aromatic nitrogens is 1. The van der Waals surface area contributed by atoms with Gasteiger partial charge in [0.25, 0.3) is 5.91 Å². The second kappa shape index (κ2) is 8.36. The first kappa shape index (κ1) is 22.0. The topological polar surface area (TPSA) is 34.0 Å². The highest BCUT2D eigenvalue weighted by atomic mass is 35.5. The Morgan fingerprint density at radius 3 is 2.41 bits per heavy atom. The van der Waals surface area contributed by atoms with Crippen LogP contribution >= 0.6 is 11.6 Å². The molecule has 0 bridgehead atoms. The monoisotopic (exact) mass is 456 g/mol. The van der Waals surface area contributed by atoms with Crippen molar-refractivity contribution in [1.29, 1.82) is 0 Å². The number of fused-ring (bicyclic) bond motifs is 1. The Kier molecular flexibility index (Phi) is 5.73. The lowest BCUT2D eigenvalue weighted by atomic mass is 10.1. The van der Waals surface area contributed by atoms with Crippen molar-refractivity contribution in [2.24, 2.45) is 0 Å². The third-order valence-corrected chi connectivity index (χ3v) is 5.94. The summed E-state index contributed by atoms with van der Waals surface area (Å²) in [5.74, 6) is -0.491. The highest BCUT2D eigenvalue weighted by Crippen LogP contribution is 2.36. The van der Waals surface area contributed by atoms with E-state index in [4.69, 9.17) is 11.6 Å². The van der Waals surface area contributed by atoms with Crippen LogP contribution in [-0.4, -0.2) is 10.5 Å². The number of nitrogens with zero attached hydrogens (tertiary/aromatic N) is 1. The summed E-state index contributed by atoms with van der Waals surface area (Å²) in [6, 6.07) is 18.7. The molecule has 0 atom stereocenters. The first-order valence-corrected chi connectivity index (χ1v) is 10.3. The van der Waals surface area contributed by atoms with Gasteiger partial charge < -0.3 is 9.88 Å². The summed E-state index contributed by atoms with van der Waals surface area (Å²) in [6.07, 6.45) is -4.60. The van der Waals surface area contributed by atoms with Crippen LogP contribution in [0, 0.1) is 13.8 Å². The average Bonchev–Trinajstić information content (AvgIpc) is 2.99. The van der Waals surface area contributed by atoms with Gasteiger partial charge in [-0.2, -0.15) is 13.2 Å². The van der Waals surface area contributed by atoms with Gasteiger partial charge in [0, 0.05) is 34.4 Å². The van der Waals surface area contributed by atoms with Gasteiger partial charge in [0.05, 0.1) is 10.6 Å². The summed E-state index contributed by atoms with van der Waals surface area (Å²) < 4.78 is 41.5. The maximum Gasteiger partial charge on any atom is 0.417 e. The average molecular weight is 457 g/mol. The van der Waals surface area contributed by atoms with E-state index in [1.165, 1.54) is 6.07 Å². The van der Waals surface area contributed by atoms with Gasteiger partial charge in [-0.25, -0.2) is 0 Å². The summed E-state index contributed by atoms with van der Waals surface area (Å²) >= 11 is 5.66. The van der Waals surface area contributed by atoms with Gasteiger partial charge in [-0.1, -0.05) is 41.9 Å². The molecule has 1 N–H and O–H groups in total. The van der Waals surface area contributed by atoms with Crippen molar-refractivity contribution in [3.8, 4) is 0 Å². The van der Waals surface area contributed by atoms with E-state index in [2.05, 4.69) is 22.0 Å². The number of amides is 1. The fraction of sp³-hybridized carbons (Fsp3) is 0.160. The van der Waals surface area contributed by atoms with E-state index in [9.17, 15) is 18.0 Å². The summed E-state index contributed by atoms with van der Waals surface area (Å²) in [4.78, 5) is 12.8. The zero-order valence-electron chi connectivity index (χ0n) is 17.4. The van der Waals surface area contributed by atoms with Gasteiger partial charge in [0.2, 0.25) is 0 Å². The van der Waals surface area contributed by atoms with Crippen molar-refractivity contribution in [2.45, 2.75) is 26.6 Å². The Hall–Kier alpha value is -3.25. The molecule has 7 heteroatoms. The molecule has 0 saturated heterocycles. The second-order valence-corrected chi connectivity index (χ2v) is 8.07. The molecular weight excluding hydrogens is 437 g/mol. The van der Waals surface area contributed by atoms with Crippen molar-refractivity contribution < 1.29 is 18.0 Å². The lowest BCUT2D eigenvalue weighted by molar-refractivity contribution is -0.137. The Morgan fingerprint density at radius 2 is 1.72 bits per heavy atom. The third kappa shape index (κ3) is 4.23. The van der Waals surface area contributed by atoms with Gasteiger partial charge in [0.1, 0.15) is 0 Å². The molecule has 4 aromatic rings. The molecule has 0 saturated carbocycles. The van der Waals surface area contributed by atoms with E-state index < -0.39 is 22.7 Å². The number of hydrogen-bond acceptors (Lipinski definition) is 1. The van der Waals surface area contributed by atoms with Crippen molar-refractivity contribution in [3.63, 3.8) is 0 Å². The summed E-state index contributed by atoms with van der Waals surface area (Å²) in [7, 11) is 0. The second-order valence-electron chi connectivity index (χ2n) is 7.66. The molecule has 1 heterocycles. The highest BCUT2D eigenvalue weighted by molar-refractivity contribution is 6.31. The van der Waals surface area contributed by atoms with Gasteiger partial charge in [0.15, 0.2) is 0 Å². The third-order valence-electron chi connectivity index (χ3n) is 5.61. The maximum atomic E-state index is 13.1. The Bertz CT molecular complexity index is 1310. The number of carbonyl (C=O) groups excluding carboxylic acids is 1. The molecule has 3 aromatic carbocycles. The maximum absolute atomic E-state index is 13.1. The van der Waals surface area contributed by atoms with E-state index >= 15 is 0 Å². The SMILES string of the molecule is Cc1c(C)n(Cc2ccccc2)c2ccc(C(=O)Nc3ccc(Cl)c(C(F)(F)F)c3)cc12. The number of aryl methyl sites for hydroxylation is 1. The summed E-state index contributed by atoms with van der Waals surface area (Å²) in [5, 5.41) is 3.05. The molecule has 164 valence electrons. The quantitative estimate of drug-likeness (QED) is 0.345. The molecule has 0 aliphatic carbocycles. The molecule has 0 radical (unpaired) electrons. The molecule has 0 aliphatic heterocycles. The fourth-order valence-corrected chi connectivity index (χ4v) is 4.01. The lowest BCUT2D eigenvalue weighted by Crippen LogP contribution is -2.13. The Morgan fingerprint density at radius 1 is 1.00 bits per heavy atom. The van der Waals surface area contributed by atoms with Crippen LogP contribution in [0.25, 0.3) is 10.9 Å². The van der Waals surface area contributed by atoms with Crippen LogP contribution in [0.5, 0.6) is 0 Å². The van der Waals surface area contributed by atoms with Crippen molar-refractivity contribution in [2.75, 3.05) is 5.32 Å². The van der Waals surface area contributed by atoms with Gasteiger partial charge >= 0.3 is 6.18 Å². The predicted molar refractivity (Wildman–Crippen MR) is 121 cm³/mol. The number of carbonyl (C=O) groups is 1. The number of anilines is 1. The van der Waals surface area contributed by atoms with Crippen LogP contribution in [0.4, 0.5) is 18.9 Å². The number of alkyl halides is 3. The van der Waals surface area contributed by atoms with E-state index in [1.807, 2.05) is 38.1 Å². The van der Waals surface area contributed by atoms with E-state index in [0.717, 1.165) is 39.9 Å². The van der Waals surface area contributed by atoms with E-state index in [0.29, 0.717) is 12.1 Å². The molecule has 0 spiro atoms. The van der Waals surface area contributed by atoms with Crippen molar-refractivity contribution in [3.05, 3.63) is 99.7 Å². The molecular formula is C25H20ClF3N2O. The number of hydrogen-bond donors (Lipinski definition) is 1. The standard InChI is InChI=1S/C25H20ClF3N2O/c1-15-16(2)31(14-17-6-4-3-5-7-17)23-11-8-18(12-20(15)23)24(32)30-19-9-10-22(26)21(13-19)25(27,28)29/h3-13H,14H2,1-2H3,(H,30,32). The molecule has 0 fully saturated rings. The number of rotatable bonds is 4. The fourth-order valence-electron chi connectivity index (χ4n) is 3.78. The zero-order chi connectivity index (χ0) is 23.0. The molecule has 0 unspecified atom stereocenters. The van der Waals surface area contributed by atoms with Crippen LogP contribution in [0.2, 0.25) is 5.02 Å². The minimum absolute atomic E-state index is 0.0290. The van der Waals surface area contributed by atoms with Crippen LogP contribution in [0.15, 0.2) is 66.7 Å². The molecule has 1 amide bonds. The van der Waals surface area contributed by atoms with Crippen molar-refractivity contribution >= 4 is 34.1 Å². The lowest BCUT2D eigenvalue weighted by Gasteiger charge is -2.12. The number of halogens is 4. The Balaban J connectivity index is 1.65. The zero-order valence-corrected chi connectivity index (χ0v) is 18.2. The number of benzene rings is 3.